The van der Waals surface area contributed by atoms with Crippen LogP contribution in [0.25, 0.3) is 11.8 Å². The molecule has 1 saturated carbocycles. The van der Waals surface area contributed by atoms with Gasteiger partial charge in [-0.05, 0) is 62.1 Å². The van der Waals surface area contributed by atoms with Gasteiger partial charge in [0.05, 0.1) is 30.3 Å². The Morgan fingerprint density at radius 3 is 2.55 bits per heavy atom. The largest absolute Gasteiger partial charge is 0.346 e. The van der Waals surface area contributed by atoms with Crippen LogP contribution in [0.5, 0.6) is 0 Å². The minimum absolute atomic E-state index is 0.138. The van der Waals surface area contributed by atoms with E-state index in [2.05, 4.69) is 51.7 Å². The Labute approximate surface area is 185 Å². The van der Waals surface area contributed by atoms with Crippen molar-refractivity contribution in [2.24, 2.45) is 5.41 Å². The van der Waals surface area contributed by atoms with E-state index in [9.17, 15) is 4.39 Å². The predicted octanol–water partition coefficient (Wildman–Crippen LogP) is 6.27. The molecule has 0 radical (unpaired) electrons. The number of allylic oxidation sites excluding steroid dienone is 1. The van der Waals surface area contributed by atoms with Crippen molar-refractivity contribution in [2.75, 3.05) is 6.61 Å². The van der Waals surface area contributed by atoms with E-state index in [-0.39, 0.29) is 17.3 Å². The number of halogens is 1. The van der Waals surface area contributed by atoms with Crippen LogP contribution in [0.3, 0.4) is 0 Å². The third-order valence-corrected chi connectivity index (χ3v) is 6.32. The molecule has 3 aliphatic rings. The summed E-state index contributed by atoms with van der Waals surface area (Å²) in [5, 5.41) is 4.55. The molecule has 4 nitrogen and oxygen atoms in total. The molecular formula is C26H33FN2O2. The first-order chi connectivity index (χ1) is 14.9. The first-order valence-electron chi connectivity index (χ1n) is 10.9. The second-order valence-electron chi connectivity index (χ2n) is 8.31. The van der Waals surface area contributed by atoms with E-state index in [1.54, 1.807) is 12.1 Å². The zero-order valence-corrected chi connectivity index (χ0v) is 18.9. The van der Waals surface area contributed by atoms with E-state index >= 15 is 0 Å². The van der Waals surface area contributed by atoms with Gasteiger partial charge in [0.25, 0.3) is 0 Å². The quantitative estimate of drug-likeness (QED) is 0.533. The minimum atomic E-state index is -0.506. The molecule has 2 fully saturated rings. The van der Waals surface area contributed by atoms with Crippen molar-refractivity contribution in [1.29, 1.82) is 0 Å². The molecule has 2 heterocycles. The Kier molecular flexibility index (Phi) is 6.97. The highest BCUT2D eigenvalue weighted by Crippen LogP contribution is 2.59. The SMILES string of the molecule is C=C.C=CCC.CC1COC2(CCC3=Cc4c(cnn4-c4ccc(F)cc4)CC32C)O1. The molecule has 2 aliphatic carbocycles. The Morgan fingerprint density at radius 2 is 1.97 bits per heavy atom. The van der Waals surface area contributed by atoms with E-state index in [0.29, 0.717) is 6.61 Å². The van der Waals surface area contributed by atoms with Gasteiger partial charge in [0.2, 0.25) is 0 Å². The molecule has 31 heavy (non-hydrogen) atoms. The first-order valence-corrected chi connectivity index (χ1v) is 10.9. The summed E-state index contributed by atoms with van der Waals surface area (Å²) in [7, 11) is 0. The lowest BCUT2D eigenvalue weighted by Gasteiger charge is -2.41. The number of benzene rings is 1. The van der Waals surface area contributed by atoms with Gasteiger partial charge in [0.15, 0.2) is 5.79 Å². The lowest BCUT2D eigenvalue weighted by atomic mass is 9.72. The lowest BCUT2D eigenvalue weighted by molar-refractivity contribution is -0.216. The minimum Gasteiger partial charge on any atom is -0.346 e. The average molecular weight is 425 g/mol. The van der Waals surface area contributed by atoms with Gasteiger partial charge in [-0.1, -0.05) is 25.5 Å². The summed E-state index contributed by atoms with van der Waals surface area (Å²) in [6.07, 6.45) is 9.97. The molecule has 3 unspecified atom stereocenters. The molecule has 5 heteroatoms. The number of ether oxygens (including phenoxy) is 2. The van der Waals surface area contributed by atoms with Crippen LogP contribution in [0.2, 0.25) is 0 Å². The van der Waals surface area contributed by atoms with Gasteiger partial charge in [-0.2, -0.15) is 5.10 Å². The molecule has 3 atom stereocenters. The highest BCUT2D eigenvalue weighted by Gasteiger charge is 2.61. The molecule has 1 aliphatic heterocycles. The molecule has 5 rings (SSSR count). The molecule has 1 aromatic carbocycles. The van der Waals surface area contributed by atoms with E-state index in [4.69, 9.17) is 9.47 Å². The third kappa shape index (κ3) is 4.04. The van der Waals surface area contributed by atoms with Crippen molar-refractivity contribution >= 4 is 6.08 Å². The fourth-order valence-corrected chi connectivity index (χ4v) is 4.66. The van der Waals surface area contributed by atoms with Gasteiger partial charge in [-0.3, -0.25) is 0 Å². The Morgan fingerprint density at radius 1 is 1.29 bits per heavy atom. The van der Waals surface area contributed by atoms with Crippen molar-refractivity contribution in [3.05, 3.63) is 78.9 Å². The van der Waals surface area contributed by atoms with Crippen LogP contribution < -0.4 is 0 Å². The van der Waals surface area contributed by atoms with Crippen LogP contribution in [0.15, 0.2) is 61.8 Å². The van der Waals surface area contributed by atoms with E-state index in [1.807, 2.05) is 17.0 Å². The van der Waals surface area contributed by atoms with Gasteiger partial charge in [-0.25, -0.2) is 9.07 Å². The number of hydrogen-bond donors (Lipinski definition) is 0. The number of fused-ring (bicyclic) bond motifs is 3. The smallest absolute Gasteiger partial charge is 0.178 e. The van der Waals surface area contributed by atoms with E-state index in [1.165, 1.54) is 23.3 Å². The van der Waals surface area contributed by atoms with Crippen LogP contribution in [-0.4, -0.2) is 28.3 Å². The molecule has 0 amide bonds. The number of aromatic nitrogens is 2. The van der Waals surface area contributed by atoms with Gasteiger partial charge in [0.1, 0.15) is 5.82 Å². The average Bonchev–Trinajstić information content (AvgIpc) is 3.45. The summed E-state index contributed by atoms with van der Waals surface area (Å²) in [6, 6.07) is 6.46. The van der Waals surface area contributed by atoms with Crippen molar-refractivity contribution in [3.8, 4) is 5.69 Å². The van der Waals surface area contributed by atoms with Crippen LogP contribution in [0.1, 0.15) is 51.3 Å². The molecule has 166 valence electrons. The summed E-state index contributed by atoms with van der Waals surface area (Å²) < 4.78 is 27.6. The summed E-state index contributed by atoms with van der Waals surface area (Å²) >= 11 is 0. The van der Waals surface area contributed by atoms with Crippen molar-refractivity contribution in [1.82, 2.24) is 9.78 Å². The van der Waals surface area contributed by atoms with Crippen LogP contribution in [0, 0.1) is 11.2 Å². The van der Waals surface area contributed by atoms with Crippen molar-refractivity contribution < 1.29 is 13.9 Å². The summed E-state index contributed by atoms with van der Waals surface area (Å²) in [6.45, 7) is 16.5. The molecule has 2 aromatic rings. The Balaban J connectivity index is 0.000000411. The van der Waals surface area contributed by atoms with E-state index in [0.717, 1.165) is 37.1 Å². The molecule has 0 bridgehead atoms. The van der Waals surface area contributed by atoms with Gasteiger partial charge >= 0.3 is 0 Å². The highest BCUT2D eigenvalue weighted by atomic mass is 19.1. The number of nitrogens with zero attached hydrogens (tertiary/aromatic N) is 2. The third-order valence-electron chi connectivity index (χ3n) is 6.32. The topological polar surface area (TPSA) is 36.3 Å². The molecule has 1 aromatic heterocycles. The van der Waals surface area contributed by atoms with E-state index < -0.39 is 5.79 Å². The Hall–Kier alpha value is -2.50. The maximum absolute atomic E-state index is 13.2. The number of rotatable bonds is 2. The zero-order chi connectivity index (χ0) is 22.6. The summed E-state index contributed by atoms with van der Waals surface area (Å²) in [5.74, 6) is -0.744. The predicted molar refractivity (Wildman–Crippen MR) is 124 cm³/mol. The lowest BCUT2D eigenvalue weighted by Crippen LogP contribution is -2.46. The zero-order valence-electron chi connectivity index (χ0n) is 18.9. The fourth-order valence-electron chi connectivity index (χ4n) is 4.66. The van der Waals surface area contributed by atoms with Crippen molar-refractivity contribution in [3.63, 3.8) is 0 Å². The maximum Gasteiger partial charge on any atom is 0.178 e. The molecule has 0 N–H and O–H groups in total. The van der Waals surface area contributed by atoms with Gasteiger partial charge in [0, 0.05) is 11.8 Å². The standard InChI is InChI=1S/C20H21FN2O2.C4H8.C2H4/c1-13-12-24-20(25-13)8-7-15-9-18-14(10-19(15,20)2)11-22-23(18)17-5-3-16(21)4-6-17;1-3-4-2;1-2/h3-6,9,11,13H,7-8,10,12H2,1-2H3;3H,1,4H2,2H3;1-2H2. The van der Waals surface area contributed by atoms with Crippen LogP contribution in [0.4, 0.5) is 4.39 Å². The Bertz CT molecular complexity index is 949. The maximum atomic E-state index is 13.2. The second-order valence-corrected chi connectivity index (χ2v) is 8.31. The highest BCUT2D eigenvalue weighted by molar-refractivity contribution is 5.62. The summed E-state index contributed by atoms with van der Waals surface area (Å²) in [5.41, 5.74) is 4.35. The molecule has 1 saturated heterocycles. The molecule has 1 spiro atoms. The van der Waals surface area contributed by atoms with Crippen molar-refractivity contribution in [2.45, 2.75) is 58.3 Å². The fraction of sp³-hybridized carbons (Fsp3) is 0.423. The summed E-state index contributed by atoms with van der Waals surface area (Å²) in [4.78, 5) is 0. The van der Waals surface area contributed by atoms with Gasteiger partial charge < -0.3 is 9.47 Å². The second kappa shape index (κ2) is 9.33. The van der Waals surface area contributed by atoms with Gasteiger partial charge in [-0.15, -0.1) is 19.7 Å². The first kappa shape index (κ1) is 23.2. The van der Waals surface area contributed by atoms with Crippen LogP contribution in [-0.2, 0) is 15.9 Å². The number of hydrogen-bond acceptors (Lipinski definition) is 3. The van der Waals surface area contributed by atoms with Crippen LogP contribution >= 0.6 is 0 Å². The molecular weight excluding hydrogens is 391 g/mol. The monoisotopic (exact) mass is 424 g/mol. The normalized spacial score (nSPS) is 27.9.